The summed E-state index contributed by atoms with van der Waals surface area (Å²) >= 11 is 0. The third-order valence-electron chi connectivity index (χ3n) is 3.73. The average molecular weight is 271 g/mol. The zero-order valence-corrected chi connectivity index (χ0v) is 12.2. The van der Waals surface area contributed by atoms with Crippen LogP contribution < -0.4 is 5.32 Å². The SMILES string of the molecule is CCOC(=O)CCCCCNCC1CCCC(O)C1. The molecular weight excluding hydrogens is 242 g/mol. The summed E-state index contributed by atoms with van der Waals surface area (Å²) in [6, 6.07) is 0. The molecule has 2 N–H and O–H groups in total. The Kier molecular flexibility index (Phi) is 8.84. The summed E-state index contributed by atoms with van der Waals surface area (Å²) in [5, 5.41) is 13.0. The minimum absolute atomic E-state index is 0.0772. The zero-order valence-electron chi connectivity index (χ0n) is 12.2. The van der Waals surface area contributed by atoms with Crippen molar-refractivity contribution >= 4 is 5.97 Å². The Hall–Kier alpha value is -0.610. The van der Waals surface area contributed by atoms with Crippen LogP contribution in [0.1, 0.15) is 58.3 Å². The molecule has 0 aromatic carbocycles. The van der Waals surface area contributed by atoms with E-state index in [2.05, 4.69) is 5.32 Å². The highest BCUT2D eigenvalue weighted by Gasteiger charge is 2.19. The van der Waals surface area contributed by atoms with Crippen LogP contribution >= 0.6 is 0 Å². The summed E-state index contributed by atoms with van der Waals surface area (Å²) in [6.45, 7) is 4.35. The van der Waals surface area contributed by atoms with Crippen LogP contribution in [-0.2, 0) is 9.53 Å². The summed E-state index contributed by atoms with van der Waals surface area (Å²) in [6.07, 6.45) is 7.89. The molecule has 2 atom stereocenters. The highest BCUT2D eigenvalue weighted by atomic mass is 16.5. The van der Waals surface area contributed by atoms with Gasteiger partial charge >= 0.3 is 5.97 Å². The highest BCUT2D eigenvalue weighted by Crippen LogP contribution is 2.23. The number of unbranched alkanes of at least 4 members (excludes halogenated alkanes) is 2. The van der Waals surface area contributed by atoms with Crippen molar-refractivity contribution in [1.29, 1.82) is 0 Å². The van der Waals surface area contributed by atoms with Crippen LogP contribution in [-0.4, -0.2) is 36.9 Å². The second kappa shape index (κ2) is 10.2. The Labute approximate surface area is 116 Å². The minimum Gasteiger partial charge on any atom is -0.466 e. The summed E-state index contributed by atoms with van der Waals surface area (Å²) in [5.41, 5.74) is 0. The number of carbonyl (C=O) groups is 1. The Morgan fingerprint density at radius 3 is 2.89 bits per heavy atom. The highest BCUT2D eigenvalue weighted by molar-refractivity contribution is 5.69. The van der Waals surface area contributed by atoms with Gasteiger partial charge in [-0.05, 0) is 58.0 Å². The van der Waals surface area contributed by atoms with Gasteiger partial charge in [0.2, 0.25) is 0 Å². The Morgan fingerprint density at radius 2 is 2.16 bits per heavy atom. The molecule has 0 heterocycles. The molecule has 0 aromatic rings. The van der Waals surface area contributed by atoms with E-state index in [4.69, 9.17) is 4.74 Å². The van der Waals surface area contributed by atoms with Gasteiger partial charge in [0.25, 0.3) is 0 Å². The molecule has 1 fully saturated rings. The van der Waals surface area contributed by atoms with Gasteiger partial charge in [-0.25, -0.2) is 0 Å². The van der Waals surface area contributed by atoms with Crippen molar-refractivity contribution in [3.8, 4) is 0 Å². The molecule has 112 valence electrons. The van der Waals surface area contributed by atoms with Crippen LogP contribution in [0.4, 0.5) is 0 Å². The normalized spacial score (nSPS) is 23.3. The fourth-order valence-electron chi connectivity index (χ4n) is 2.68. The van der Waals surface area contributed by atoms with Gasteiger partial charge in [0.1, 0.15) is 0 Å². The number of ether oxygens (including phenoxy) is 1. The average Bonchev–Trinajstić information content (AvgIpc) is 2.38. The van der Waals surface area contributed by atoms with Gasteiger partial charge in [0, 0.05) is 6.42 Å². The van der Waals surface area contributed by atoms with Crippen LogP contribution in [0.15, 0.2) is 0 Å². The maximum Gasteiger partial charge on any atom is 0.305 e. The fourth-order valence-corrected chi connectivity index (χ4v) is 2.68. The molecule has 0 spiro atoms. The van der Waals surface area contributed by atoms with Crippen molar-refractivity contribution in [3.63, 3.8) is 0 Å². The topological polar surface area (TPSA) is 58.6 Å². The molecule has 0 radical (unpaired) electrons. The maximum atomic E-state index is 11.1. The van der Waals surface area contributed by atoms with Crippen molar-refractivity contribution in [3.05, 3.63) is 0 Å². The van der Waals surface area contributed by atoms with Crippen LogP contribution in [0, 0.1) is 5.92 Å². The predicted octanol–water partition coefficient (Wildman–Crippen LogP) is 2.25. The zero-order chi connectivity index (χ0) is 13.9. The van der Waals surface area contributed by atoms with E-state index in [9.17, 15) is 9.90 Å². The van der Waals surface area contributed by atoms with Gasteiger partial charge in [-0.2, -0.15) is 0 Å². The molecule has 0 amide bonds. The molecular formula is C15H29NO3. The number of carbonyl (C=O) groups excluding carboxylic acids is 1. The van der Waals surface area contributed by atoms with Crippen molar-refractivity contribution in [2.45, 2.75) is 64.4 Å². The third-order valence-corrected chi connectivity index (χ3v) is 3.73. The van der Waals surface area contributed by atoms with Gasteiger partial charge in [0.15, 0.2) is 0 Å². The second-order valence-corrected chi connectivity index (χ2v) is 5.51. The molecule has 1 saturated carbocycles. The van der Waals surface area contributed by atoms with E-state index < -0.39 is 0 Å². The first-order valence-corrected chi connectivity index (χ1v) is 7.76. The summed E-state index contributed by atoms with van der Waals surface area (Å²) in [7, 11) is 0. The molecule has 0 saturated heterocycles. The first-order chi connectivity index (χ1) is 9.22. The monoisotopic (exact) mass is 271 g/mol. The lowest BCUT2D eigenvalue weighted by Crippen LogP contribution is -2.29. The van der Waals surface area contributed by atoms with E-state index in [0.717, 1.165) is 51.6 Å². The number of rotatable bonds is 9. The lowest BCUT2D eigenvalue weighted by atomic mass is 9.87. The lowest BCUT2D eigenvalue weighted by molar-refractivity contribution is -0.143. The molecule has 2 unspecified atom stereocenters. The van der Waals surface area contributed by atoms with E-state index in [1.807, 2.05) is 6.92 Å². The molecule has 0 aromatic heterocycles. The quantitative estimate of drug-likeness (QED) is 0.499. The van der Waals surface area contributed by atoms with Crippen molar-refractivity contribution < 1.29 is 14.6 Å². The standard InChI is InChI=1S/C15H29NO3/c1-2-19-15(18)9-4-3-5-10-16-12-13-7-6-8-14(17)11-13/h13-14,16-17H,2-12H2,1H3. The van der Waals surface area contributed by atoms with Crippen molar-refractivity contribution in [2.24, 2.45) is 5.92 Å². The number of nitrogens with one attached hydrogen (secondary N) is 1. The summed E-state index contributed by atoms with van der Waals surface area (Å²) in [5.74, 6) is 0.565. The Bertz CT molecular complexity index is 246. The van der Waals surface area contributed by atoms with Gasteiger partial charge in [-0.3, -0.25) is 4.79 Å². The number of hydrogen-bond donors (Lipinski definition) is 2. The van der Waals surface area contributed by atoms with E-state index in [1.54, 1.807) is 0 Å². The molecule has 0 bridgehead atoms. The first-order valence-electron chi connectivity index (χ1n) is 7.76. The van der Waals surface area contributed by atoms with Crippen LogP contribution in [0.5, 0.6) is 0 Å². The second-order valence-electron chi connectivity index (χ2n) is 5.51. The number of hydrogen-bond acceptors (Lipinski definition) is 4. The molecule has 4 nitrogen and oxygen atoms in total. The fraction of sp³-hybridized carbons (Fsp3) is 0.933. The van der Waals surface area contributed by atoms with E-state index in [0.29, 0.717) is 18.9 Å². The van der Waals surface area contributed by atoms with Gasteiger partial charge in [0.05, 0.1) is 12.7 Å². The van der Waals surface area contributed by atoms with Gasteiger partial charge < -0.3 is 15.2 Å². The maximum absolute atomic E-state index is 11.1. The smallest absolute Gasteiger partial charge is 0.305 e. The molecule has 1 aliphatic rings. The predicted molar refractivity (Wildman–Crippen MR) is 75.9 cm³/mol. The molecule has 0 aliphatic heterocycles. The van der Waals surface area contributed by atoms with Crippen molar-refractivity contribution in [2.75, 3.05) is 19.7 Å². The van der Waals surface area contributed by atoms with Crippen LogP contribution in [0.2, 0.25) is 0 Å². The van der Waals surface area contributed by atoms with Crippen LogP contribution in [0.3, 0.4) is 0 Å². The largest absolute Gasteiger partial charge is 0.466 e. The van der Waals surface area contributed by atoms with E-state index >= 15 is 0 Å². The summed E-state index contributed by atoms with van der Waals surface area (Å²) < 4.78 is 4.88. The number of esters is 1. The molecule has 1 aliphatic carbocycles. The molecule has 19 heavy (non-hydrogen) atoms. The lowest BCUT2D eigenvalue weighted by Gasteiger charge is -2.25. The van der Waals surface area contributed by atoms with Crippen LogP contribution in [0.25, 0.3) is 0 Å². The molecule has 1 rings (SSSR count). The third kappa shape index (κ3) is 8.22. The first kappa shape index (κ1) is 16.4. The Balaban J connectivity index is 1.87. The minimum atomic E-state index is -0.0786. The van der Waals surface area contributed by atoms with Crippen molar-refractivity contribution in [1.82, 2.24) is 5.32 Å². The van der Waals surface area contributed by atoms with E-state index in [1.165, 1.54) is 6.42 Å². The molecule has 4 heteroatoms. The van der Waals surface area contributed by atoms with E-state index in [-0.39, 0.29) is 12.1 Å². The number of aliphatic hydroxyl groups excluding tert-OH is 1. The number of aliphatic hydroxyl groups is 1. The summed E-state index contributed by atoms with van der Waals surface area (Å²) in [4.78, 5) is 11.1. The van der Waals surface area contributed by atoms with Gasteiger partial charge in [-0.1, -0.05) is 12.8 Å². The van der Waals surface area contributed by atoms with Gasteiger partial charge in [-0.15, -0.1) is 0 Å². The Morgan fingerprint density at radius 1 is 1.32 bits per heavy atom.